The van der Waals surface area contributed by atoms with Crippen molar-refractivity contribution < 1.29 is 9.13 Å². The smallest absolute Gasteiger partial charge is 0.123 e. The lowest BCUT2D eigenvalue weighted by molar-refractivity contribution is -0.0291. The summed E-state index contributed by atoms with van der Waals surface area (Å²) >= 11 is 0. The number of halogens is 1. The Bertz CT molecular complexity index is 373. The molecule has 0 heterocycles. The van der Waals surface area contributed by atoms with Gasteiger partial charge >= 0.3 is 0 Å². The summed E-state index contributed by atoms with van der Waals surface area (Å²) in [6.07, 6.45) is 3.90. The number of hydrogen-bond acceptors (Lipinski definition) is 2. The van der Waals surface area contributed by atoms with E-state index in [2.05, 4.69) is 12.2 Å². The standard InChI is InChI=1S/C16H24FNO/c1-3-18-16(13-5-7-14(17)8-6-13)11-12-9-15(10-12)19-4-2/h5-8,12,15-16,18H,3-4,9-11H2,1-2H3. The van der Waals surface area contributed by atoms with E-state index >= 15 is 0 Å². The van der Waals surface area contributed by atoms with E-state index in [0.717, 1.165) is 38.3 Å². The number of rotatable bonds is 7. The van der Waals surface area contributed by atoms with Gasteiger partial charge in [0.15, 0.2) is 0 Å². The van der Waals surface area contributed by atoms with E-state index in [1.165, 1.54) is 5.56 Å². The molecule has 0 saturated heterocycles. The summed E-state index contributed by atoms with van der Waals surface area (Å²) in [6, 6.07) is 7.20. The van der Waals surface area contributed by atoms with E-state index in [1.807, 2.05) is 19.1 Å². The van der Waals surface area contributed by atoms with E-state index in [4.69, 9.17) is 4.74 Å². The highest BCUT2D eigenvalue weighted by Gasteiger charge is 2.31. The number of ether oxygens (including phenoxy) is 1. The van der Waals surface area contributed by atoms with Crippen LogP contribution in [0.1, 0.15) is 44.7 Å². The second-order valence-electron chi connectivity index (χ2n) is 5.31. The summed E-state index contributed by atoms with van der Waals surface area (Å²) in [5, 5.41) is 3.50. The van der Waals surface area contributed by atoms with Crippen LogP contribution < -0.4 is 5.32 Å². The van der Waals surface area contributed by atoms with E-state index in [0.29, 0.717) is 12.1 Å². The lowest BCUT2D eigenvalue weighted by Crippen LogP contribution is -2.34. The lowest BCUT2D eigenvalue weighted by Gasteiger charge is -2.37. The van der Waals surface area contributed by atoms with Crippen molar-refractivity contribution >= 4 is 0 Å². The summed E-state index contributed by atoms with van der Waals surface area (Å²) in [6.45, 7) is 5.91. The maximum Gasteiger partial charge on any atom is 0.123 e. The predicted molar refractivity (Wildman–Crippen MR) is 75.6 cm³/mol. The monoisotopic (exact) mass is 265 g/mol. The Hall–Kier alpha value is -0.930. The zero-order valence-corrected chi connectivity index (χ0v) is 11.9. The minimum absolute atomic E-state index is 0.168. The number of benzene rings is 1. The first kappa shape index (κ1) is 14.5. The van der Waals surface area contributed by atoms with Gasteiger partial charge in [-0.25, -0.2) is 4.39 Å². The maximum absolute atomic E-state index is 13.0. The average molecular weight is 265 g/mol. The Morgan fingerprint density at radius 3 is 2.53 bits per heavy atom. The van der Waals surface area contributed by atoms with Gasteiger partial charge in [-0.3, -0.25) is 0 Å². The van der Waals surface area contributed by atoms with Crippen molar-refractivity contribution in [3.05, 3.63) is 35.6 Å². The molecule has 2 rings (SSSR count). The molecular formula is C16H24FNO. The molecule has 0 amide bonds. The second-order valence-corrected chi connectivity index (χ2v) is 5.31. The van der Waals surface area contributed by atoms with Gasteiger partial charge in [0.1, 0.15) is 5.82 Å². The van der Waals surface area contributed by atoms with Crippen LogP contribution in [-0.4, -0.2) is 19.3 Å². The second kappa shape index (κ2) is 7.01. The third-order valence-corrected chi connectivity index (χ3v) is 3.89. The zero-order valence-electron chi connectivity index (χ0n) is 11.9. The van der Waals surface area contributed by atoms with Crippen molar-refractivity contribution in [3.8, 4) is 0 Å². The predicted octanol–water partition coefficient (Wildman–Crippen LogP) is 3.68. The molecule has 0 bridgehead atoms. The normalized spacial score (nSPS) is 23.9. The first-order chi connectivity index (χ1) is 9.22. The van der Waals surface area contributed by atoms with Crippen molar-refractivity contribution in [1.82, 2.24) is 5.32 Å². The van der Waals surface area contributed by atoms with Crippen LogP contribution in [0.2, 0.25) is 0 Å². The van der Waals surface area contributed by atoms with Crippen LogP contribution in [-0.2, 0) is 4.74 Å². The summed E-state index contributed by atoms with van der Waals surface area (Å²) in [5.41, 5.74) is 1.18. The third kappa shape index (κ3) is 4.02. The van der Waals surface area contributed by atoms with Gasteiger partial charge in [-0.15, -0.1) is 0 Å². The van der Waals surface area contributed by atoms with Crippen LogP contribution in [0.15, 0.2) is 24.3 Å². The molecule has 0 radical (unpaired) electrons. The van der Waals surface area contributed by atoms with Gasteiger partial charge in [0.05, 0.1) is 6.10 Å². The van der Waals surface area contributed by atoms with Crippen molar-refractivity contribution in [1.29, 1.82) is 0 Å². The topological polar surface area (TPSA) is 21.3 Å². The van der Waals surface area contributed by atoms with Crippen LogP contribution in [0.5, 0.6) is 0 Å². The average Bonchev–Trinajstić information content (AvgIpc) is 2.36. The van der Waals surface area contributed by atoms with Crippen LogP contribution in [0.25, 0.3) is 0 Å². The Balaban J connectivity index is 1.88. The molecule has 1 aromatic rings. The van der Waals surface area contributed by atoms with Crippen LogP contribution in [0.4, 0.5) is 4.39 Å². The van der Waals surface area contributed by atoms with Gasteiger partial charge in [0.2, 0.25) is 0 Å². The minimum Gasteiger partial charge on any atom is -0.378 e. The Kier molecular flexibility index (Phi) is 5.34. The number of nitrogens with one attached hydrogen (secondary N) is 1. The quantitative estimate of drug-likeness (QED) is 0.812. The molecular weight excluding hydrogens is 241 g/mol. The van der Waals surface area contributed by atoms with Gasteiger partial charge in [-0.1, -0.05) is 19.1 Å². The van der Waals surface area contributed by atoms with Gasteiger partial charge in [-0.05, 0) is 56.3 Å². The molecule has 1 atom stereocenters. The highest BCUT2D eigenvalue weighted by molar-refractivity contribution is 5.20. The zero-order chi connectivity index (χ0) is 13.7. The summed E-state index contributed by atoms with van der Waals surface area (Å²) < 4.78 is 18.6. The summed E-state index contributed by atoms with van der Waals surface area (Å²) in [7, 11) is 0. The van der Waals surface area contributed by atoms with Gasteiger partial charge in [0.25, 0.3) is 0 Å². The molecule has 1 fully saturated rings. The molecule has 3 heteroatoms. The lowest BCUT2D eigenvalue weighted by atomic mass is 9.77. The van der Waals surface area contributed by atoms with Gasteiger partial charge in [-0.2, -0.15) is 0 Å². The molecule has 1 N–H and O–H groups in total. The highest BCUT2D eigenvalue weighted by atomic mass is 19.1. The Labute approximate surface area is 115 Å². The fourth-order valence-corrected chi connectivity index (χ4v) is 2.85. The molecule has 106 valence electrons. The third-order valence-electron chi connectivity index (χ3n) is 3.89. The van der Waals surface area contributed by atoms with Crippen LogP contribution in [0, 0.1) is 11.7 Å². The van der Waals surface area contributed by atoms with E-state index < -0.39 is 0 Å². The molecule has 1 unspecified atom stereocenters. The Morgan fingerprint density at radius 1 is 1.26 bits per heavy atom. The summed E-state index contributed by atoms with van der Waals surface area (Å²) in [4.78, 5) is 0. The van der Waals surface area contributed by atoms with E-state index in [1.54, 1.807) is 12.1 Å². The minimum atomic E-state index is -0.168. The molecule has 1 aliphatic rings. The van der Waals surface area contributed by atoms with Crippen LogP contribution >= 0.6 is 0 Å². The van der Waals surface area contributed by atoms with Crippen molar-refractivity contribution in [2.75, 3.05) is 13.2 Å². The summed E-state index contributed by atoms with van der Waals surface area (Å²) in [5.74, 6) is 0.560. The molecule has 0 aromatic heterocycles. The van der Waals surface area contributed by atoms with Crippen LogP contribution in [0.3, 0.4) is 0 Å². The van der Waals surface area contributed by atoms with Crippen molar-refractivity contribution in [2.45, 2.75) is 45.3 Å². The van der Waals surface area contributed by atoms with E-state index in [9.17, 15) is 4.39 Å². The molecule has 1 saturated carbocycles. The first-order valence-corrected chi connectivity index (χ1v) is 7.33. The molecule has 1 aromatic carbocycles. The van der Waals surface area contributed by atoms with Gasteiger partial charge < -0.3 is 10.1 Å². The molecule has 19 heavy (non-hydrogen) atoms. The van der Waals surface area contributed by atoms with Crippen molar-refractivity contribution in [2.24, 2.45) is 5.92 Å². The molecule has 0 aliphatic heterocycles. The Morgan fingerprint density at radius 2 is 1.95 bits per heavy atom. The number of hydrogen-bond donors (Lipinski definition) is 1. The highest BCUT2D eigenvalue weighted by Crippen LogP contribution is 2.36. The molecule has 0 spiro atoms. The largest absolute Gasteiger partial charge is 0.378 e. The SMILES string of the molecule is CCNC(CC1CC(OCC)C1)c1ccc(F)cc1. The fraction of sp³-hybridized carbons (Fsp3) is 0.625. The molecule has 2 nitrogen and oxygen atoms in total. The van der Waals surface area contributed by atoms with Crippen molar-refractivity contribution in [3.63, 3.8) is 0 Å². The fourth-order valence-electron chi connectivity index (χ4n) is 2.85. The van der Waals surface area contributed by atoms with E-state index in [-0.39, 0.29) is 5.82 Å². The maximum atomic E-state index is 13.0. The van der Waals surface area contributed by atoms with Gasteiger partial charge in [0, 0.05) is 12.6 Å². The molecule has 1 aliphatic carbocycles. The first-order valence-electron chi connectivity index (χ1n) is 7.33.